The van der Waals surface area contributed by atoms with E-state index in [0.717, 1.165) is 30.6 Å². The number of carbonyl (C=O) groups is 2. The Morgan fingerprint density at radius 1 is 1.10 bits per heavy atom. The van der Waals surface area contributed by atoms with Crippen LogP contribution >= 0.6 is 0 Å². The van der Waals surface area contributed by atoms with Gasteiger partial charge in [0.1, 0.15) is 0 Å². The molecule has 4 rings (SSSR count). The summed E-state index contributed by atoms with van der Waals surface area (Å²) in [5.74, 6) is 1.93. The molecule has 0 radical (unpaired) electrons. The van der Waals surface area contributed by atoms with Crippen LogP contribution in [0.15, 0.2) is 11.6 Å². The topological polar surface area (TPSA) is 55.4 Å². The average Bonchev–Trinajstić information content (AvgIpc) is 3.04. The number of hydrogen-bond donors (Lipinski definition) is 1. The molecule has 0 heterocycles. The highest BCUT2D eigenvalue weighted by atomic mass is 16.5. The lowest BCUT2D eigenvalue weighted by atomic mass is 9.45. The van der Waals surface area contributed by atoms with Crippen molar-refractivity contribution in [1.29, 1.82) is 0 Å². The molecule has 0 spiro atoms. The lowest BCUT2D eigenvalue weighted by molar-refractivity contribution is -0.155. The maximum atomic E-state index is 12.1. The Balaban J connectivity index is 1.45. The van der Waals surface area contributed by atoms with Crippen LogP contribution in [0.25, 0.3) is 0 Å². The van der Waals surface area contributed by atoms with Crippen LogP contribution in [0.2, 0.25) is 0 Å². The summed E-state index contributed by atoms with van der Waals surface area (Å²) in [5, 5.41) is 2.96. The normalized spacial score (nSPS) is 45.1. The van der Waals surface area contributed by atoms with Gasteiger partial charge in [-0.05, 0) is 106 Å². The largest absolute Gasteiger partial charge is 0.459 e. The summed E-state index contributed by atoms with van der Waals surface area (Å²) in [6.45, 7) is 9.31. The molecular weight excluding hydrogens is 362 g/mol. The van der Waals surface area contributed by atoms with Crippen molar-refractivity contribution in [3.63, 3.8) is 0 Å². The molecular formula is C25H39NO3. The first-order valence-corrected chi connectivity index (χ1v) is 12.0. The number of carbonyl (C=O) groups excluding carboxylic acids is 2. The van der Waals surface area contributed by atoms with Gasteiger partial charge >= 0.3 is 11.9 Å². The number of hydrogen-bond acceptors (Lipinski definition) is 3. The van der Waals surface area contributed by atoms with Crippen LogP contribution in [0.3, 0.4) is 0 Å². The van der Waals surface area contributed by atoms with Crippen LogP contribution in [0, 0.1) is 34.5 Å². The van der Waals surface area contributed by atoms with Gasteiger partial charge in [0.05, 0.1) is 6.61 Å². The summed E-state index contributed by atoms with van der Waals surface area (Å²) in [5.41, 5.74) is 2.57. The highest BCUT2D eigenvalue weighted by molar-refractivity contribution is 6.32. The second-order valence-corrected chi connectivity index (χ2v) is 10.6. The van der Waals surface area contributed by atoms with Crippen molar-refractivity contribution in [1.82, 2.24) is 5.32 Å². The molecule has 4 aliphatic rings. The molecule has 4 aliphatic carbocycles. The van der Waals surface area contributed by atoms with Crippen molar-refractivity contribution >= 4 is 11.9 Å². The number of esters is 1. The van der Waals surface area contributed by atoms with Crippen molar-refractivity contribution in [2.45, 2.75) is 91.5 Å². The molecule has 0 aromatic carbocycles. The Labute approximate surface area is 176 Å². The Kier molecular flexibility index (Phi) is 5.59. The number of nitrogens with one attached hydrogen (secondary N) is 1. The highest BCUT2D eigenvalue weighted by Crippen LogP contribution is 2.67. The van der Waals surface area contributed by atoms with Crippen LogP contribution in [-0.2, 0) is 14.3 Å². The highest BCUT2D eigenvalue weighted by Gasteiger charge is 2.58. The van der Waals surface area contributed by atoms with E-state index in [1.807, 2.05) is 0 Å². The summed E-state index contributed by atoms with van der Waals surface area (Å²) in [7, 11) is 0. The Morgan fingerprint density at radius 3 is 2.62 bits per heavy atom. The summed E-state index contributed by atoms with van der Waals surface area (Å²) in [6, 6.07) is 0.122. The fourth-order valence-corrected chi connectivity index (χ4v) is 8.15. The summed E-state index contributed by atoms with van der Waals surface area (Å²) in [4.78, 5) is 23.8. The van der Waals surface area contributed by atoms with Gasteiger partial charge in [0.2, 0.25) is 0 Å². The van der Waals surface area contributed by atoms with Crippen LogP contribution in [0.5, 0.6) is 0 Å². The molecule has 4 heteroatoms. The third-order valence-corrected chi connectivity index (χ3v) is 9.66. The average molecular weight is 402 g/mol. The quantitative estimate of drug-likeness (QED) is 0.401. The standard InChI is InChI=1S/C25H39NO3/c1-5-16-8-10-20-19-9-7-17-15-18(26-22(27)23(28)29-6-2)11-13-25(17,4)21(19)12-14-24(16,20)3/h5,17-21H,6-15H2,1-4H3,(H,26,27)/b16-5-/t17-,18-,19+,20+,21+,24-,25+/m1/s1. The number of rotatable bonds is 2. The van der Waals surface area contributed by atoms with Gasteiger partial charge in [-0.1, -0.05) is 25.5 Å². The molecule has 29 heavy (non-hydrogen) atoms. The second kappa shape index (κ2) is 7.74. The minimum atomic E-state index is -0.739. The number of allylic oxidation sites excluding steroid dienone is 2. The molecule has 0 unspecified atom stereocenters. The van der Waals surface area contributed by atoms with Crippen LogP contribution in [-0.4, -0.2) is 24.5 Å². The molecule has 4 fully saturated rings. The van der Waals surface area contributed by atoms with E-state index in [0.29, 0.717) is 16.7 Å². The zero-order chi connectivity index (χ0) is 20.8. The van der Waals surface area contributed by atoms with Gasteiger partial charge in [0, 0.05) is 6.04 Å². The van der Waals surface area contributed by atoms with Crippen molar-refractivity contribution in [3.8, 4) is 0 Å². The molecule has 0 aliphatic heterocycles. The van der Waals surface area contributed by atoms with E-state index in [2.05, 4.69) is 32.2 Å². The van der Waals surface area contributed by atoms with E-state index in [9.17, 15) is 9.59 Å². The third-order valence-electron chi connectivity index (χ3n) is 9.66. The van der Waals surface area contributed by atoms with Crippen molar-refractivity contribution in [3.05, 3.63) is 11.6 Å². The van der Waals surface area contributed by atoms with Gasteiger partial charge in [0.25, 0.3) is 0 Å². The van der Waals surface area contributed by atoms with Crippen LogP contribution < -0.4 is 5.32 Å². The zero-order valence-corrected chi connectivity index (χ0v) is 18.8. The molecule has 1 amide bonds. The molecule has 7 atom stereocenters. The van der Waals surface area contributed by atoms with Gasteiger partial charge in [-0.15, -0.1) is 0 Å². The lowest BCUT2D eigenvalue weighted by Crippen LogP contribution is -2.55. The Bertz CT molecular complexity index is 700. The zero-order valence-electron chi connectivity index (χ0n) is 18.8. The van der Waals surface area contributed by atoms with Crippen LogP contribution in [0.1, 0.15) is 85.5 Å². The van der Waals surface area contributed by atoms with Crippen molar-refractivity contribution < 1.29 is 14.3 Å². The maximum absolute atomic E-state index is 12.1. The fraction of sp³-hybridized carbons (Fsp3) is 0.840. The molecule has 4 nitrogen and oxygen atoms in total. The smallest absolute Gasteiger partial charge is 0.396 e. The third kappa shape index (κ3) is 3.35. The minimum absolute atomic E-state index is 0.122. The number of ether oxygens (including phenoxy) is 1. The monoisotopic (exact) mass is 401 g/mol. The molecule has 0 saturated heterocycles. The summed E-state index contributed by atoms with van der Waals surface area (Å²) in [6.07, 6.45) is 13.6. The van der Waals surface area contributed by atoms with Gasteiger partial charge < -0.3 is 10.1 Å². The maximum Gasteiger partial charge on any atom is 0.396 e. The van der Waals surface area contributed by atoms with E-state index < -0.39 is 11.9 Å². The molecule has 0 aromatic rings. The van der Waals surface area contributed by atoms with Gasteiger partial charge in [-0.2, -0.15) is 0 Å². The Hall–Kier alpha value is -1.32. The van der Waals surface area contributed by atoms with Crippen molar-refractivity contribution in [2.75, 3.05) is 6.61 Å². The molecule has 4 saturated carbocycles. The van der Waals surface area contributed by atoms with Crippen LogP contribution in [0.4, 0.5) is 0 Å². The minimum Gasteiger partial charge on any atom is -0.459 e. The SMILES string of the molecule is C/C=C1/CC[C@H]2[C@@H]3CC[C@@H]4C[C@H](NC(=O)C(=O)OCC)CC[C@]4(C)[C@H]3CC[C@]12C. The van der Waals surface area contributed by atoms with Gasteiger partial charge in [0.15, 0.2) is 0 Å². The first-order valence-electron chi connectivity index (χ1n) is 12.0. The molecule has 162 valence electrons. The van der Waals surface area contributed by atoms with E-state index in [1.165, 1.54) is 44.9 Å². The van der Waals surface area contributed by atoms with Gasteiger partial charge in [-0.25, -0.2) is 4.79 Å². The van der Waals surface area contributed by atoms with Crippen molar-refractivity contribution in [2.24, 2.45) is 34.5 Å². The first-order chi connectivity index (χ1) is 13.8. The van der Waals surface area contributed by atoms with E-state index in [4.69, 9.17) is 4.74 Å². The summed E-state index contributed by atoms with van der Waals surface area (Å²) < 4.78 is 4.85. The molecule has 0 bridgehead atoms. The summed E-state index contributed by atoms with van der Waals surface area (Å²) >= 11 is 0. The molecule has 0 aromatic heterocycles. The van der Waals surface area contributed by atoms with E-state index in [-0.39, 0.29) is 12.6 Å². The number of amides is 1. The Morgan fingerprint density at radius 2 is 1.90 bits per heavy atom. The van der Waals surface area contributed by atoms with E-state index >= 15 is 0 Å². The predicted molar refractivity (Wildman–Crippen MR) is 114 cm³/mol. The second-order valence-electron chi connectivity index (χ2n) is 10.6. The van der Waals surface area contributed by atoms with E-state index in [1.54, 1.807) is 12.5 Å². The molecule has 1 N–H and O–H groups in total. The first kappa shape index (κ1) is 20.9. The predicted octanol–water partition coefficient (Wildman–Crippen LogP) is 5.02. The van der Waals surface area contributed by atoms with Gasteiger partial charge in [-0.3, -0.25) is 4.79 Å². The number of fused-ring (bicyclic) bond motifs is 5. The fourth-order valence-electron chi connectivity index (χ4n) is 8.15. The lowest BCUT2D eigenvalue weighted by Gasteiger charge is -2.60.